The van der Waals surface area contributed by atoms with E-state index in [1.165, 1.54) is 6.07 Å². The van der Waals surface area contributed by atoms with E-state index in [4.69, 9.17) is 28.6 Å². The van der Waals surface area contributed by atoms with Gasteiger partial charge in [0.15, 0.2) is 4.77 Å². The molecule has 2 atom stereocenters. The van der Waals surface area contributed by atoms with E-state index < -0.39 is 11.9 Å². The zero-order valence-electron chi connectivity index (χ0n) is 17.6. The Kier molecular flexibility index (Phi) is 7.05. The fourth-order valence-electron chi connectivity index (χ4n) is 4.02. The summed E-state index contributed by atoms with van der Waals surface area (Å²) in [7, 11) is 0. The van der Waals surface area contributed by atoms with Gasteiger partial charge in [0.05, 0.1) is 18.8 Å². The second kappa shape index (κ2) is 9.95. The average molecular weight is 475 g/mol. The lowest BCUT2D eigenvalue weighted by atomic mass is 10.0. The molecule has 1 amide bonds. The van der Waals surface area contributed by atoms with Gasteiger partial charge < -0.3 is 15.0 Å². The van der Waals surface area contributed by atoms with Crippen LogP contribution in [0.2, 0.25) is 5.02 Å². The van der Waals surface area contributed by atoms with Crippen LogP contribution in [0, 0.1) is 10.6 Å². The van der Waals surface area contributed by atoms with Crippen molar-refractivity contribution in [2.75, 3.05) is 26.2 Å². The molecule has 1 aromatic heterocycles. The molecule has 168 valence electrons. The summed E-state index contributed by atoms with van der Waals surface area (Å²) in [5.74, 6) is -0.718. The summed E-state index contributed by atoms with van der Waals surface area (Å²) in [5, 5.41) is 3.28. The Labute approximate surface area is 196 Å². The average Bonchev–Trinajstić information content (AvgIpc) is 3.17. The molecule has 6 nitrogen and oxygen atoms in total. The fraction of sp³-hybridized carbons (Fsp3) is 0.304. The smallest absolute Gasteiger partial charge is 0.269 e. The van der Waals surface area contributed by atoms with E-state index in [0.717, 1.165) is 5.69 Å². The molecule has 2 heterocycles. The third-order valence-electron chi connectivity index (χ3n) is 5.53. The molecule has 0 aliphatic carbocycles. The van der Waals surface area contributed by atoms with Crippen molar-refractivity contribution >= 4 is 29.7 Å². The van der Waals surface area contributed by atoms with Crippen molar-refractivity contribution in [2.45, 2.75) is 19.1 Å². The highest BCUT2D eigenvalue weighted by Crippen LogP contribution is 2.31. The van der Waals surface area contributed by atoms with Crippen LogP contribution in [0.15, 0.2) is 54.7 Å². The number of aromatic amines is 1. The van der Waals surface area contributed by atoms with Crippen LogP contribution in [0.25, 0.3) is 5.69 Å². The minimum atomic E-state index is -0.439. The topological polar surface area (TPSA) is 62.3 Å². The maximum absolute atomic E-state index is 14.8. The molecule has 2 N–H and O–H groups in total. The van der Waals surface area contributed by atoms with Gasteiger partial charge in [0, 0.05) is 42.1 Å². The van der Waals surface area contributed by atoms with Gasteiger partial charge in [-0.2, -0.15) is 0 Å². The Hall–Kier alpha value is -2.52. The van der Waals surface area contributed by atoms with E-state index in [1.807, 2.05) is 37.3 Å². The number of imidazole rings is 1. The van der Waals surface area contributed by atoms with Gasteiger partial charge in [-0.05, 0) is 43.4 Å². The number of carbonyl (C=O) groups excluding carboxylic acids is 1. The van der Waals surface area contributed by atoms with Crippen molar-refractivity contribution in [3.8, 4) is 5.69 Å². The van der Waals surface area contributed by atoms with E-state index in [0.29, 0.717) is 40.7 Å². The summed E-state index contributed by atoms with van der Waals surface area (Å²) >= 11 is 11.8. The first-order valence-electron chi connectivity index (χ1n) is 10.4. The first kappa shape index (κ1) is 22.7. The molecule has 0 spiro atoms. The Morgan fingerprint density at radius 1 is 1.31 bits per heavy atom. The van der Waals surface area contributed by atoms with Gasteiger partial charge in [-0.25, -0.2) is 4.39 Å². The zero-order chi connectivity index (χ0) is 22.7. The molecule has 1 saturated heterocycles. The van der Waals surface area contributed by atoms with Crippen LogP contribution in [-0.2, 0) is 4.74 Å². The van der Waals surface area contributed by atoms with Gasteiger partial charge >= 0.3 is 0 Å². The van der Waals surface area contributed by atoms with Crippen LogP contribution in [0.1, 0.15) is 29.0 Å². The fourth-order valence-corrected chi connectivity index (χ4v) is 4.57. The summed E-state index contributed by atoms with van der Waals surface area (Å²) in [4.78, 5) is 18.2. The van der Waals surface area contributed by atoms with E-state index in [1.54, 1.807) is 22.9 Å². The van der Waals surface area contributed by atoms with Gasteiger partial charge in [0.1, 0.15) is 11.5 Å². The quantitative estimate of drug-likeness (QED) is 0.516. The highest BCUT2D eigenvalue weighted by atomic mass is 35.5. The molecule has 0 radical (unpaired) electrons. The largest absolute Gasteiger partial charge is 0.376 e. The number of morpholine rings is 1. The normalized spacial score (nSPS) is 17.8. The van der Waals surface area contributed by atoms with Crippen molar-refractivity contribution in [3.63, 3.8) is 0 Å². The monoisotopic (exact) mass is 474 g/mol. The predicted octanol–water partition coefficient (Wildman–Crippen LogP) is 4.52. The summed E-state index contributed by atoms with van der Waals surface area (Å²) in [6, 6.07) is 13.6. The number of carbonyl (C=O) groups is 1. The van der Waals surface area contributed by atoms with Gasteiger partial charge in [-0.3, -0.25) is 14.3 Å². The molecule has 1 fully saturated rings. The number of hydrogen-bond donors (Lipinski definition) is 2. The molecule has 32 heavy (non-hydrogen) atoms. The molecule has 0 bridgehead atoms. The number of nitrogens with zero attached hydrogens (tertiary/aromatic N) is 2. The summed E-state index contributed by atoms with van der Waals surface area (Å²) < 4.78 is 22.5. The van der Waals surface area contributed by atoms with Crippen molar-refractivity contribution in [1.29, 1.82) is 0 Å². The second-order valence-corrected chi connectivity index (χ2v) is 8.48. The Bertz CT molecular complexity index is 1130. The van der Waals surface area contributed by atoms with Crippen LogP contribution in [0.3, 0.4) is 0 Å². The third kappa shape index (κ3) is 4.78. The van der Waals surface area contributed by atoms with Gasteiger partial charge in [-0.1, -0.05) is 35.9 Å². The molecule has 2 aromatic carbocycles. The number of rotatable bonds is 6. The number of hydrogen-bond acceptors (Lipinski definition) is 4. The zero-order valence-corrected chi connectivity index (χ0v) is 19.1. The number of para-hydroxylation sites is 1. The lowest BCUT2D eigenvalue weighted by Gasteiger charge is -2.38. The first-order chi connectivity index (χ1) is 15.5. The second-order valence-electron chi connectivity index (χ2n) is 7.69. The summed E-state index contributed by atoms with van der Waals surface area (Å²) in [5.41, 5.74) is 1.52. The Morgan fingerprint density at radius 3 is 2.81 bits per heavy atom. The van der Waals surface area contributed by atoms with Gasteiger partial charge in [0.2, 0.25) is 0 Å². The maximum atomic E-state index is 14.8. The van der Waals surface area contributed by atoms with E-state index in [-0.39, 0.29) is 18.6 Å². The van der Waals surface area contributed by atoms with Crippen molar-refractivity contribution in [3.05, 3.63) is 81.6 Å². The lowest BCUT2D eigenvalue weighted by Crippen LogP contribution is -2.47. The SMILES string of the molecule is CC1CN(C(CNC(=O)c2c[nH]c(=S)n2-c2ccccc2)c2c(F)cccc2Cl)CCO1. The van der Waals surface area contributed by atoms with Crippen molar-refractivity contribution in [1.82, 2.24) is 19.8 Å². The van der Waals surface area contributed by atoms with Crippen LogP contribution in [0.5, 0.6) is 0 Å². The summed E-state index contributed by atoms with van der Waals surface area (Å²) in [6.45, 7) is 3.90. The van der Waals surface area contributed by atoms with Gasteiger partial charge in [-0.15, -0.1) is 0 Å². The molecule has 3 aromatic rings. The van der Waals surface area contributed by atoms with Gasteiger partial charge in [0.25, 0.3) is 5.91 Å². The molecule has 4 rings (SSSR count). The van der Waals surface area contributed by atoms with Crippen LogP contribution in [0.4, 0.5) is 4.39 Å². The van der Waals surface area contributed by atoms with Crippen molar-refractivity contribution in [2.24, 2.45) is 0 Å². The Morgan fingerprint density at radius 2 is 2.09 bits per heavy atom. The molecular weight excluding hydrogens is 451 g/mol. The number of halogens is 2. The highest BCUT2D eigenvalue weighted by Gasteiger charge is 2.30. The highest BCUT2D eigenvalue weighted by molar-refractivity contribution is 7.71. The van der Waals surface area contributed by atoms with Crippen LogP contribution < -0.4 is 5.32 Å². The minimum Gasteiger partial charge on any atom is -0.376 e. The predicted molar refractivity (Wildman–Crippen MR) is 124 cm³/mol. The number of amides is 1. The molecular formula is C23H24ClFN4O2S. The molecule has 2 unspecified atom stereocenters. The molecule has 1 aliphatic heterocycles. The first-order valence-corrected chi connectivity index (χ1v) is 11.2. The molecule has 0 saturated carbocycles. The van der Waals surface area contributed by atoms with Crippen LogP contribution >= 0.6 is 23.8 Å². The number of H-pyrrole nitrogens is 1. The Balaban J connectivity index is 1.61. The third-order valence-corrected chi connectivity index (χ3v) is 6.16. The van der Waals surface area contributed by atoms with Crippen LogP contribution in [-0.4, -0.2) is 52.7 Å². The number of aromatic nitrogens is 2. The number of nitrogens with one attached hydrogen (secondary N) is 2. The van der Waals surface area contributed by atoms with E-state index in [9.17, 15) is 9.18 Å². The molecule has 9 heteroatoms. The van der Waals surface area contributed by atoms with E-state index >= 15 is 0 Å². The maximum Gasteiger partial charge on any atom is 0.269 e. The lowest BCUT2D eigenvalue weighted by molar-refractivity contribution is -0.0346. The van der Waals surface area contributed by atoms with E-state index in [2.05, 4.69) is 15.2 Å². The summed E-state index contributed by atoms with van der Waals surface area (Å²) in [6.07, 6.45) is 1.58. The standard InChI is InChI=1S/C23H24ClFN4O2S/c1-15-14-28(10-11-31-15)19(21-17(24)8-5-9-18(21)25)12-26-22(30)20-13-27-23(32)29(20)16-6-3-2-4-7-16/h2-9,13,15,19H,10-12,14H2,1H3,(H,26,30)(H,27,32). The number of ether oxygens (including phenoxy) is 1. The van der Waals surface area contributed by atoms with Crippen molar-refractivity contribution < 1.29 is 13.9 Å². The molecule has 1 aliphatic rings. The number of benzene rings is 2. The minimum absolute atomic E-state index is 0.000173.